The third-order valence-corrected chi connectivity index (χ3v) is 3.08. The first-order chi connectivity index (χ1) is 8.36. The molecule has 2 heterocycles. The molecule has 1 aromatic carbocycles. The van der Waals surface area contributed by atoms with Gasteiger partial charge in [-0.2, -0.15) is 0 Å². The van der Waals surface area contributed by atoms with E-state index in [-0.39, 0.29) is 6.61 Å². The summed E-state index contributed by atoms with van der Waals surface area (Å²) in [6, 6.07) is 8.13. The first-order valence-electron chi connectivity index (χ1n) is 5.70. The molecule has 1 N–H and O–H groups in total. The highest BCUT2D eigenvalue weighted by Crippen LogP contribution is 2.34. The number of para-hydroxylation sites is 1. The molecule has 3 rings (SSSR count). The van der Waals surface area contributed by atoms with Crippen molar-refractivity contribution in [2.45, 2.75) is 19.1 Å². The highest BCUT2D eigenvalue weighted by atomic mass is 16.5. The van der Waals surface area contributed by atoms with E-state index in [2.05, 4.69) is 11.1 Å². The van der Waals surface area contributed by atoms with Crippen molar-refractivity contribution in [3.05, 3.63) is 48.0 Å². The topological polar surface area (TPSA) is 47.3 Å². The number of ether oxygens (including phenoxy) is 1. The molecular weight excluding hydrogens is 216 g/mol. The van der Waals surface area contributed by atoms with E-state index in [4.69, 9.17) is 9.84 Å². The van der Waals surface area contributed by atoms with Gasteiger partial charge in [0, 0.05) is 24.2 Å². The van der Waals surface area contributed by atoms with E-state index < -0.39 is 0 Å². The van der Waals surface area contributed by atoms with Crippen LogP contribution in [-0.2, 0) is 13.2 Å². The molecule has 88 valence electrons. The Morgan fingerprint density at radius 1 is 1.41 bits per heavy atom. The van der Waals surface area contributed by atoms with Crippen LogP contribution in [0.3, 0.4) is 0 Å². The van der Waals surface area contributed by atoms with Crippen molar-refractivity contribution >= 4 is 0 Å². The lowest BCUT2D eigenvalue weighted by molar-refractivity contribution is 0.277. The second-order valence-electron chi connectivity index (χ2n) is 4.27. The first kappa shape index (κ1) is 10.4. The zero-order valence-corrected chi connectivity index (χ0v) is 9.41. The van der Waals surface area contributed by atoms with Gasteiger partial charge in [-0.05, 0) is 6.07 Å². The summed E-state index contributed by atoms with van der Waals surface area (Å²) >= 11 is 0. The quantitative estimate of drug-likeness (QED) is 0.870. The molecule has 4 nitrogen and oxygen atoms in total. The summed E-state index contributed by atoms with van der Waals surface area (Å²) < 4.78 is 7.63. The summed E-state index contributed by atoms with van der Waals surface area (Å²) in [6.07, 6.45) is 3.63. The summed E-state index contributed by atoms with van der Waals surface area (Å²) in [7, 11) is 0. The van der Waals surface area contributed by atoms with Crippen LogP contribution in [0.4, 0.5) is 0 Å². The SMILES string of the molecule is OCc1cn(CC2COc3ccccc32)cn1. The Labute approximate surface area is 99.5 Å². The average molecular weight is 230 g/mol. The molecule has 0 spiro atoms. The first-order valence-corrected chi connectivity index (χ1v) is 5.70. The Morgan fingerprint density at radius 2 is 2.29 bits per heavy atom. The summed E-state index contributed by atoms with van der Waals surface area (Å²) in [5.74, 6) is 1.35. The lowest BCUT2D eigenvalue weighted by atomic mass is 10.0. The van der Waals surface area contributed by atoms with Crippen LogP contribution in [0.5, 0.6) is 5.75 Å². The van der Waals surface area contributed by atoms with Crippen LogP contribution in [0.2, 0.25) is 0 Å². The van der Waals surface area contributed by atoms with Gasteiger partial charge in [0.05, 0.1) is 25.2 Å². The van der Waals surface area contributed by atoms with E-state index in [0.717, 1.165) is 12.3 Å². The number of aromatic nitrogens is 2. The Kier molecular flexibility index (Phi) is 2.57. The number of nitrogens with zero attached hydrogens (tertiary/aromatic N) is 2. The number of hydrogen-bond donors (Lipinski definition) is 1. The summed E-state index contributed by atoms with van der Waals surface area (Å²) in [4.78, 5) is 4.10. The van der Waals surface area contributed by atoms with Gasteiger partial charge in [0.15, 0.2) is 0 Å². The summed E-state index contributed by atoms with van der Waals surface area (Å²) in [5.41, 5.74) is 1.96. The van der Waals surface area contributed by atoms with E-state index in [1.165, 1.54) is 5.56 Å². The van der Waals surface area contributed by atoms with Gasteiger partial charge in [-0.15, -0.1) is 0 Å². The fourth-order valence-electron chi connectivity index (χ4n) is 2.22. The van der Waals surface area contributed by atoms with Gasteiger partial charge in [0.1, 0.15) is 5.75 Å². The maximum Gasteiger partial charge on any atom is 0.122 e. The minimum Gasteiger partial charge on any atom is -0.493 e. The second kappa shape index (κ2) is 4.22. The van der Waals surface area contributed by atoms with Crippen LogP contribution in [0.25, 0.3) is 0 Å². The van der Waals surface area contributed by atoms with Crippen molar-refractivity contribution in [2.75, 3.05) is 6.61 Å². The highest BCUT2D eigenvalue weighted by molar-refractivity contribution is 5.39. The molecular formula is C13H14N2O2. The van der Waals surface area contributed by atoms with Gasteiger partial charge in [0.2, 0.25) is 0 Å². The lowest BCUT2D eigenvalue weighted by Gasteiger charge is -2.09. The molecule has 4 heteroatoms. The van der Waals surface area contributed by atoms with Crippen LogP contribution in [0.15, 0.2) is 36.8 Å². The number of aliphatic hydroxyl groups excluding tert-OH is 1. The molecule has 0 saturated carbocycles. The molecule has 1 unspecified atom stereocenters. The minimum absolute atomic E-state index is 0.00917. The number of benzene rings is 1. The normalized spacial score (nSPS) is 17.8. The predicted molar refractivity (Wildman–Crippen MR) is 62.8 cm³/mol. The average Bonchev–Trinajstić information content (AvgIpc) is 2.97. The van der Waals surface area contributed by atoms with E-state index in [1.807, 2.05) is 29.0 Å². The zero-order valence-electron chi connectivity index (χ0n) is 9.41. The number of imidazole rings is 1. The highest BCUT2D eigenvalue weighted by Gasteiger charge is 2.23. The molecule has 1 atom stereocenters. The number of hydrogen-bond acceptors (Lipinski definition) is 3. The second-order valence-corrected chi connectivity index (χ2v) is 4.27. The third-order valence-electron chi connectivity index (χ3n) is 3.08. The standard InChI is InChI=1S/C13H14N2O2/c16-7-11-6-15(9-14-11)5-10-8-17-13-4-2-1-3-12(10)13/h1-4,6,9-10,16H,5,7-8H2. The van der Waals surface area contributed by atoms with Crippen molar-refractivity contribution in [1.29, 1.82) is 0 Å². The van der Waals surface area contributed by atoms with Crippen molar-refractivity contribution < 1.29 is 9.84 Å². The minimum atomic E-state index is -0.00917. The van der Waals surface area contributed by atoms with Crippen LogP contribution >= 0.6 is 0 Å². The van der Waals surface area contributed by atoms with Crippen LogP contribution in [0, 0.1) is 0 Å². The molecule has 0 saturated heterocycles. The van der Waals surface area contributed by atoms with Gasteiger partial charge < -0.3 is 14.4 Å². The van der Waals surface area contributed by atoms with Crippen molar-refractivity contribution in [3.8, 4) is 5.75 Å². The molecule has 0 aliphatic carbocycles. The Bertz CT molecular complexity index is 522. The third kappa shape index (κ3) is 1.91. The monoisotopic (exact) mass is 230 g/mol. The predicted octanol–water partition coefficient (Wildman–Crippen LogP) is 1.55. The molecule has 0 fully saturated rings. The molecule has 0 radical (unpaired) electrons. The smallest absolute Gasteiger partial charge is 0.122 e. The maximum absolute atomic E-state index is 8.97. The van der Waals surface area contributed by atoms with Crippen LogP contribution < -0.4 is 4.74 Å². The Balaban J connectivity index is 1.79. The largest absolute Gasteiger partial charge is 0.493 e. The number of fused-ring (bicyclic) bond motifs is 1. The molecule has 2 aromatic rings. The number of rotatable bonds is 3. The molecule has 1 aromatic heterocycles. The van der Waals surface area contributed by atoms with Gasteiger partial charge in [0.25, 0.3) is 0 Å². The molecule has 0 bridgehead atoms. The van der Waals surface area contributed by atoms with Crippen molar-refractivity contribution in [3.63, 3.8) is 0 Å². The Hall–Kier alpha value is -1.81. The van der Waals surface area contributed by atoms with E-state index >= 15 is 0 Å². The van der Waals surface area contributed by atoms with E-state index in [9.17, 15) is 0 Å². The Morgan fingerprint density at radius 3 is 3.12 bits per heavy atom. The summed E-state index contributed by atoms with van der Waals surface area (Å²) in [5, 5.41) is 8.97. The zero-order chi connectivity index (χ0) is 11.7. The molecule has 0 amide bonds. The van der Waals surface area contributed by atoms with Gasteiger partial charge in [-0.1, -0.05) is 18.2 Å². The molecule has 1 aliphatic rings. The summed E-state index contributed by atoms with van der Waals surface area (Å²) in [6.45, 7) is 1.54. The molecule has 1 aliphatic heterocycles. The fourth-order valence-corrected chi connectivity index (χ4v) is 2.22. The lowest BCUT2D eigenvalue weighted by Crippen LogP contribution is -2.09. The van der Waals surface area contributed by atoms with Crippen LogP contribution in [-0.4, -0.2) is 21.3 Å². The number of aliphatic hydroxyl groups is 1. The van der Waals surface area contributed by atoms with Crippen molar-refractivity contribution in [1.82, 2.24) is 9.55 Å². The van der Waals surface area contributed by atoms with Crippen LogP contribution in [0.1, 0.15) is 17.2 Å². The van der Waals surface area contributed by atoms with E-state index in [0.29, 0.717) is 18.2 Å². The maximum atomic E-state index is 8.97. The van der Waals surface area contributed by atoms with Gasteiger partial charge >= 0.3 is 0 Å². The van der Waals surface area contributed by atoms with Gasteiger partial charge in [-0.3, -0.25) is 0 Å². The van der Waals surface area contributed by atoms with E-state index in [1.54, 1.807) is 6.33 Å². The molecule has 17 heavy (non-hydrogen) atoms. The van der Waals surface area contributed by atoms with Crippen molar-refractivity contribution in [2.24, 2.45) is 0 Å². The van der Waals surface area contributed by atoms with Gasteiger partial charge in [-0.25, -0.2) is 4.98 Å². The fraction of sp³-hybridized carbons (Fsp3) is 0.308.